The number of methoxy groups -OCH3 is 1. The van der Waals surface area contributed by atoms with Crippen molar-refractivity contribution in [3.8, 4) is 0 Å². The SMILES string of the molecule is COCC(O)(c1cccc(Cl)c1Cl)C(C)C. The van der Waals surface area contributed by atoms with Crippen LogP contribution in [0.3, 0.4) is 0 Å². The van der Waals surface area contributed by atoms with E-state index in [1.54, 1.807) is 25.3 Å². The molecule has 0 fully saturated rings. The molecule has 0 bridgehead atoms. The Hall–Kier alpha value is -0.280. The van der Waals surface area contributed by atoms with Crippen LogP contribution in [-0.2, 0) is 10.3 Å². The van der Waals surface area contributed by atoms with Gasteiger partial charge in [0, 0.05) is 12.7 Å². The van der Waals surface area contributed by atoms with Gasteiger partial charge in [0.05, 0.1) is 16.7 Å². The Morgan fingerprint density at radius 3 is 2.50 bits per heavy atom. The Labute approximate surface area is 106 Å². The maximum Gasteiger partial charge on any atom is 0.117 e. The minimum Gasteiger partial charge on any atom is -0.382 e. The number of hydrogen-bond acceptors (Lipinski definition) is 2. The van der Waals surface area contributed by atoms with Gasteiger partial charge in [0.2, 0.25) is 0 Å². The van der Waals surface area contributed by atoms with E-state index in [-0.39, 0.29) is 12.5 Å². The summed E-state index contributed by atoms with van der Waals surface area (Å²) in [6.07, 6.45) is 0. The number of aliphatic hydroxyl groups is 1. The summed E-state index contributed by atoms with van der Waals surface area (Å²) in [5.74, 6) is -0.0246. The largest absolute Gasteiger partial charge is 0.382 e. The van der Waals surface area contributed by atoms with Crippen LogP contribution in [0.4, 0.5) is 0 Å². The van der Waals surface area contributed by atoms with E-state index in [1.807, 2.05) is 13.8 Å². The van der Waals surface area contributed by atoms with Crippen LogP contribution in [0, 0.1) is 5.92 Å². The molecule has 0 amide bonds. The van der Waals surface area contributed by atoms with Crippen molar-refractivity contribution >= 4 is 23.2 Å². The zero-order chi connectivity index (χ0) is 12.3. The van der Waals surface area contributed by atoms with Crippen LogP contribution in [-0.4, -0.2) is 18.8 Å². The molecule has 0 aliphatic carbocycles. The maximum absolute atomic E-state index is 10.6. The number of rotatable bonds is 4. The molecular formula is C12H16Cl2O2. The van der Waals surface area contributed by atoms with Gasteiger partial charge in [-0.3, -0.25) is 0 Å². The van der Waals surface area contributed by atoms with Crippen molar-refractivity contribution in [1.29, 1.82) is 0 Å². The molecule has 90 valence electrons. The summed E-state index contributed by atoms with van der Waals surface area (Å²) < 4.78 is 5.07. The second kappa shape index (κ2) is 5.37. The number of halogens is 2. The predicted octanol–water partition coefficient (Wildman–Crippen LogP) is 3.48. The van der Waals surface area contributed by atoms with Gasteiger partial charge in [-0.05, 0) is 12.0 Å². The van der Waals surface area contributed by atoms with E-state index in [0.717, 1.165) is 0 Å². The molecule has 0 spiro atoms. The summed E-state index contributed by atoms with van der Waals surface area (Å²) in [6, 6.07) is 5.24. The van der Waals surface area contributed by atoms with Gasteiger partial charge in [-0.2, -0.15) is 0 Å². The number of ether oxygens (including phenoxy) is 1. The quantitative estimate of drug-likeness (QED) is 0.901. The van der Waals surface area contributed by atoms with Gasteiger partial charge in [-0.1, -0.05) is 49.2 Å². The predicted molar refractivity (Wildman–Crippen MR) is 67.1 cm³/mol. The molecule has 0 aliphatic heterocycles. The standard InChI is InChI=1S/C12H16Cl2O2/c1-8(2)12(15,7-16-3)9-5-4-6-10(13)11(9)14/h4-6,8,15H,7H2,1-3H3. The molecule has 2 nitrogen and oxygen atoms in total. The lowest BCUT2D eigenvalue weighted by atomic mass is 9.84. The molecule has 1 aromatic carbocycles. The van der Waals surface area contributed by atoms with Gasteiger partial charge in [0.1, 0.15) is 5.60 Å². The third kappa shape index (κ3) is 2.51. The van der Waals surface area contributed by atoms with E-state index >= 15 is 0 Å². The van der Waals surface area contributed by atoms with Crippen molar-refractivity contribution in [3.05, 3.63) is 33.8 Å². The molecule has 1 unspecified atom stereocenters. The first-order chi connectivity index (χ1) is 7.43. The average molecular weight is 263 g/mol. The van der Waals surface area contributed by atoms with Gasteiger partial charge in [-0.15, -0.1) is 0 Å². The normalized spacial score (nSPS) is 15.2. The van der Waals surface area contributed by atoms with E-state index in [2.05, 4.69) is 0 Å². The second-order valence-electron chi connectivity index (χ2n) is 4.11. The average Bonchev–Trinajstić information content (AvgIpc) is 2.22. The molecule has 0 saturated heterocycles. The summed E-state index contributed by atoms with van der Waals surface area (Å²) >= 11 is 12.1. The summed E-state index contributed by atoms with van der Waals surface area (Å²) in [6.45, 7) is 4.01. The molecule has 4 heteroatoms. The zero-order valence-electron chi connectivity index (χ0n) is 9.63. The lowest BCUT2D eigenvalue weighted by molar-refractivity contribution is -0.0699. The van der Waals surface area contributed by atoms with E-state index in [4.69, 9.17) is 27.9 Å². The van der Waals surface area contributed by atoms with Crippen molar-refractivity contribution in [2.75, 3.05) is 13.7 Å². The lowest BCUT2D eigenvalue weighted by Gasteiger charge is -2.32. The molecule has 1 N–H and O–H groups in total. The van der Waals surface area contributed by atoms with Gasteiger partial charge in [-0.25, -0.2) is 0 Å². The van der Waals surface area contributed by atoms with Crippen LogP contribution in [0.5, 0.6) is 0 Å². The third-order valence-electron chi connectivity index (χ3n) is 2.74. The second-order valence-corrected chi connectivity index (χ2v) is 4.90. The molecule has 0 heterocycles. The van der Waals surface area contributed by atoms with Crippen LogP contribution >= 0.6 is 23.2 Å². The fraction of sp³-hybridized carbons (Fsp3) is 0.500. The highest BCUT2D eigenvalue weighted by Crippen LogP contribution is 2.37. The number of hydrogen-bond donors (Lipinski definition) is 1. The van der Waals surface area contributed by atoms with Crippen molar-refractivity contribution in [3.63, 3.8) is 0 Å². The van der Waals surface area contributed by atoms with Crippen molar-refractivity contribution in [2.24, 2.45) is 5.92 Å². The van der Waals surface area contributed by atoms with Crippen molar-refractivity contribution < 1.29 is 9.84 Å². The fourth-order valence-corrected chi connectivity index (χ4v) is 2.08. The molecular weight excluding hydrogens is 247 g/mol. The molecule has 0 aromatic heterocycles. The van der Waals surface area contributed by atoms with Crippen LogP contribution < -0.4 is 0 Å². The minimum absolute atomic E-state index is 0.0246. The van der Waals surface area contributed by atoms with Gasteiger partial charge in [0.25, 0.3) is 0 Å². The highest BCUT2D eigenvalue weighted by molar-refractivity contribution is 6.42. The summed E-state index contributed by atoms with van der Waals surface area (Å²) in [5.41, 5.74) is -0.505. The lowest BCUT2D eigenvalue weighted by Crippen LogP contribution is -2.37. The molecule has 1 atom stereocenters. The van der Waals surface area contributed by atoms with E-state index < -0.39 is 5.60 Å². The van der Waals surface area contributed by atoms with E-state index in [9.17, 15) is 5.11 Å². The molecule has 1 aromatic rings. The highest BCUT2D eigenvalue weighted by Gasteiger charge is 2.35. The first-order valence-electron chi connectivity index (χ1n) is 5.09. The molecule has 0 saturated carbocycles. The van der Waals surface area contributed by atoms with E-state index in [0.29, 0.717) is 15.6 Å². The van der Waals surface area contributed by atoms with Gasteiger partial charge >= 0.3 is 0 Å². The van der Waals surface area contributed by atoms with Crippen LogP contribution in [0.2, 0.25) is 10.0 Å². The maximum atomic E-state index is 10.6. The molecule has 0 aliphatic rings. The van der Waals surface area contributed by atoms with Crippen LogP contribution in [0.15, 0.2) is 18.2 Å². The third-order valence-corrected chi connectivity index (χ3v) is 3.56. The summed E-state index contributed by atoms with van der Waals surface area (Å²) in [5, 5.41) is 11.4. The monoisotopic (exact) mass is 262 g/mol. The zero-order valence-corrected chi connectivity index (χ0v) is 11.1. The first kappa shape index (κ1) is 13.8. The van der Waals surface area contributed by atoms with Gasteiger partial charge < -0.3 is 9.84 Å². The smallest absolute Gasteiger partial charge is 0.117 e. The molecule has 16 heavy (non-hydrogen) atoms. The van der Waals surface area contributed by atoms with E-state index in [1.165, 1.54) is 0 Å². The van der Waals surface area contributed by atoms with Crippen LogP contribution in [0.1, 0.15) is 19.4 Å². The van der Waals surface area contributed by atoms with Crippen LogP contribution in [0.25, 0.3) is 0 Å². The summed E-state index contributed by atoms with van der Waals surface area (Å²) in [4.78, 5) is 0. The fourth-order valence-electron chi connectivity index (χ4n) is 1.61. The molecule has 1 rings (SSSR count). The number of benzene rings is 1. The topological polar surface area (TPSA) is 29.5 Å². The van der Waals surface area contributed by atoms with Gasteiger partial charge in [0.15, 0.2) is 0 Å². The first-order valence-corrected chi connectivity index (χ1v) is 5.85. The Balaban J connectivity index is 3.26. The summed E-state index contributed by atoms with van der Waals surface area (Å²) in [7, 11) is 1.55. The highest BCUT2D eigenvalue weighted by atomic mass is 35.5. The van der Waals surface area contributed by atoms with Crippen molar-refractivity contribution in [2.45, 2.75) is 19.4 Å². The Morgan fingerprint density at radius 2 is 2.00 bits per heavy atom. The Morgan fingerprint density at radius 1 is 1.38 bits per heavy atom. The van der Waals surface area contributed by atoms with Crippen molar-refractivity contribution in [1.82, 2.24) is 0 Å². The molecule has 0 radical (unpaired) electrons. The Bertz CT molecular complexity index is 366. The Kier molecular flexibility index (Phi) is 4.62. The minimum atomic E-state index is -1.11.